The maximum absolute atomic E-state index is 11.0. The Morgan fingerprint density at radius 3 is 2.80 bits per heavy atom. The molecule has 98 valence electrons. The van der Waals surface area contributed by atoms with Crippen molar-refractivity contribution in [2.24, 2.45) is 0 Å². The molecule has 0 unspecified atom stereocenters. The van der Waals surface area contributed by atoms with E-state index < -0.39 is 5.97 Å². The van der Waals surface area contributed by atoms with E-state index in [0.29, 0.717) is 12.3 Å². The van der Waals surface area contributed by atoms with E-state index in [2.05, 4.69) is 10.3 Å². The number of rotatable bonds is 5. The Labute approximate surface area is 139 Å². The summed E-state index contributed by atoms with van der Waals surface area (Å²) in [4.78, 5) is 15.0. The number of hydrogen-bond donors (Lipinski definition) is 1. The minimum atomic E-state index is -1.25. The minimum Gasteiger partial charge on any atom is -0.545 e. The molecule has 0 saturated carbocycles. The molecule has 0 bridgehead atoms. The van der Waals surface area contributed by atoms with E-state index in [4.69, 9.17) is 4.74 Å². The van der Waals surface area contributed by atoms with Gasteiger partial charge in [0.2, 0.25) is 0 Å². The summed E-state index contributed by atoms with van der Waals surface area (Å²) >= 11 is 0. The summed E-state index contributed by atoms with van der Waals surface area (Å²) in [5.41, 5.74) is 1.74. The average molecular weight is 280 g/mol. The SMILES string of the molecule is COc1ccc(CNc2cccnc2)cc1C(=O)[O-].[Na+]. The second-order valence-electron chi connectivity index (χ2n) is 3.92. The monoisotopic (exact) mass is 280 g/mol. The fraction of sp³-hybridized carbons (Fsp3) is 0.143. The van der Waals surface area contributed by atoms with Gasteiger partial charge in [-0.25, -0.2) is 0 Å². The molecule has 1 aromatic heterocycles. The van der Waals surface area contributed by atoms with Crippen LogP contribution in [-0.4, -0.2) is 18.1 Å². The normalized spacial score (nSPS) is 9.45. The van der Waals surface area contributed by atoms with E-state index in [1.165, 1.54) is 13.2 Å². The minimum absolute atomic E-state index is 0. The molecule has 0 saturated heterocycles. The fourth-order valence-corrected chi connectivity index (χ4v) is 1.70. The van der Waals surface area contributed by atoms with Gasteiger partial charge in [0.25, 0.3) is 0 Å². The molecule has 1 heterocycles. The van der Waals surface area contributed by atoms with Gasteiger partial charge in [-0.05, 0) is 29.8 Å². The predicted molar refractivity (Wildman–Crippen MR) is 68.9 cm³/mol. The van der Waals surface area contributed by atoms with Gasteiger partial charge in [-0.15, -0.1) is 0 Å². The first kappa shape index (κ1) is 16.5. The van der Waals surface area contributed by atoms with Crippen LogP contribution in [0.1, 0.15) is 15.9 Å². The fourth-order valence-electron chi connectivity index (χ4n) is 1.70. The predicted octanol–water partition coefficient (Wildman–Crippen LogP) is -1.93. The Kier molecular flexibility index (Phi) is 6.51. The van der Waals surface area contributed by atoms with Crippen molar-refractivity contribution >= 4 is 11.7 Å². The third kappa shape index (κ3) is 4.23. The Hall–Kier alpha value is -1.56. The van der Waals surface area contributed by atoms with Gasteiger partial charge in [-0.2, -0.15) is 0 Å². The molecule has 0 aliphatic carbocycles. The topological polar surface area (TPSA) is 74.3 Å². The van der Waals surface area contributed by atoms with Crippen LogP contribution in [-0.2, 0) is 6.54 Å². The molecular weight excluding hydrogens is 267 g/mol. The quantitative estimate of drug-likeness (QED) is 0.646. The van der Waals surface area contributed by atoms with Crippen molar-refractivity contribution in [2.45, 2.75) is 6.54 Å². The number of aromatic nitrogens is 1. The van der Waals surface area contributed by atoms with Crippen LogP contribution in [0, 0.1) is 0 Å². The van der Waals surface area contributed by atoms with Crippen LogP contribution in [0.5, 0.6) is 5.75 Å². The summed E-state index contributed by atoms with van der Waals surface area (Å²) in [7, 11) is 1.43. The molecule has 1 N–H and O–H groups in total. The summed E-state index contributed by atoms with van der Waals surface area (Å²) < 4.78 is 4.97. The summed E-state index contributed by atoms with van der Waals surface area (Å²) in [6.07, 6.45) is 3.38. The number of pyridine rings is 1. The molecule has 6 heteroatoms. The maximum atomic E-state index is 11.0. The first-order valence-corrected chi connectivity index (χ1v) is 5.73. The number of carbonyl (C=O) groups excluding carboxylic acids is 1. The molecule has 20 heavy (non-hydrogen) atoms. The van der Waals surface area contributed by atoms with Gasteiger partial charge in [-0.1, -0.05) is 6.07 Å². The van der Waals surface area contributed by atoms with E-state index in [1.807, 2.05) is 12.1 Å². The molecule has 1 aromatic carbocycles. The Balaban J connectivity index is 0.00000200. The van der Waals surface area contributed by atoms with E-state index in [-0.39, 0.29) is 35.1 Å². The van der Waals surface area contributed by atoms with Gasteiger partial charge in [-0.3, -0.25) is 4.98 Å². The zero-order chi connectivity index (χ0) is 13.7. The van der Waals surface area contributed by atoms with E-state index in [1.54, 1.807) is 24.5 Å². The number of carboxylic acid groups (broad SMARTS) is 1. The van der Waals surface area contributed by atoms with Gasteiger partial charge in [0.1, 0.15) is 5.75 Å². The van der Waals surface area contributed by atoms with Crippen molar-refractivity contribution in [1.82, 2.24) is 4.98 Å². The standard InChI is InChI=1S/C14H14N2O3.Na/c1-19-13-5-4-10(7-12(13)14(17)18)8-16-11-3-2-6-15-9-11;/h2-7,9,16H,8H2,1H3,(H,17,18);/q;+1/p-1. The number of hydrogen-bond acceptors (Lipinski definition) is 5. The zero-order valence-corrected chi connectivity index (χ0v) is 13.4. The number of ether oxygens (including phenoxy) is 1. The molecule has 0 aliphatic rings. The van der Waals surface area contributed by atoms with Gasteiger partial charge in [0.05, 0.1) is 18.8 Å². The van der Waals surface area contributed by atoms with Gasteiger partial charge >= 0.3 is 29.6 Å². The molecule has 2 aromatic rings. The van der Waals surface area contributed by atoms with E-state index >= 15 is 0 Å². The molecule has 0 aliphatic heterocycles. The number of anilines is 1. The molecule has 5 nitrogen and oxygen atoms in total. The third-order valence-corrected chi connectivity index (χ3v) is 2.64. The maximum Gasteiger partial charge on any atom is 1.00 e. The van der Waals surface area contributed by atoms with E-state index in [0.717, 1.165) is 11.3 Å². The molecule has 0 atom stereocenters. The first-order chi connectivity index (χ1) is 9.20. The van der Waals surface area contributed by atoms with Crippen LogP contribution in [0.3, 0.4) is 0 Å². The molecular formula is C14H13N2NaO3. The van der Waals surface area contributed by atoms with Crippen molar-refractivity contribution in [3.8, 4) is 5.75 Å². The third-order valence-electron chi connectivity index (χ3n) is 2.64. The summed E-state index contributed by atoms with van der Waals surface area (Å²) in [6.45, 7) is 0.496. The van der Waals surface area contributed by atoms with Crippen LogP contribution in [0.15, 0.2) is 42.7 Å². The second-order valence-corrected chi connectivity index (χ2v) is 3.92. The average Bonchev–Trinajstić information content (AvgIpc) is 2.46. The van der Waals surface area contributed by atoms with Crippen molar-refractivity contribution in [1.29, 1.82) is 0 Å². The smallest absolute Gasteiger partial charge is 0.545 e. The first-order valence-electron chi connectivity index (χ1n) is 5.73. The van der Waals surface area contributed by atoms with Gasteiger partial charge in [0.15, 0.2) is 0 Å². The van der Waals surface area contributed by atoms with E-state index in [9.17, 15) is 9.90 Å². The molecule has 0 fully saturated rings. The Morgan fingerprint density at radius 2 is 2.20 bits per heavy atom. The number of carbonyl (C=O) groups is 1. The van der Waals surface area contributed by atoms with Crippen LogP contribution in [0.4, 0.5) is 5.69 Å². The largest absolute Gasteiger partial charge is 1.00 e. The van der Waals surface area contributed by atoms with Crippen molar-refractivity contribution < 1.29 is 44.2 Å². The van der Waals surface area contributed by atoms with Gasteiger partial charge in [0, 0.05) is 24.5 Å². The van der Waals surface area contributed by atoms with Crippen molar-refractivity contribution in [2.75, 3.05) is 12.4 Å². The second kappa shape index (κ2) is 7.89. The summed E-state index contributed by atoms with van der Waals surface area (Å²) in [5, 5.41) is 14.1. The van der Waals surface area contributed by atoms with Crippen molar-refractivity contribution in [3.05, 3.63) is 53.9 Å². The number of nitrogens with one attached hydrogen (secondary N) is 1. The van der Waals surface area contributed by atoms with Crippen molar-refractivity contribution in [3.63, 3.8) is 0 Å². The molecule has 0 spiro atoms. The Morgan fingerprint density at radius 1 is 1.40 bits per heavy atom. The number of aromatic carboxylic acids is 1. The zero-order valence-electron chi connectivity index (χ0n) is 11.4. The Bertz CT molecular complexity index is 576. The number of nitrogens with zero attached hydrogens (tertiary/aromatic N) is 1. The van der Waals surface area contributed by atoms with Gasteiger partial charge < -0.3 is 20.0 Å². The molecule has 0 radical (unpaired) electrons. The van der Waals surface area contributed by atoms with Crippen LogP contribution in [0.2, 0.25) is 0 Å². The summed E-state index contributed by atoms with van der Waals surface area (Å²) in [6, 6.07) is 8.66. The summed E-state index contributed by atoms with van der Waals surface area (Å²) in [5.74, 6) is -0.954. The number of methoxy groups -OCH3 is 1. The van der Waals surface area contributed by atoms with Crippen LogP contribution in [0.25, 0.3) is 0 Å². The molecule has 2 rings (SSSR count). The molecule has 0 amide bonds. The number of benzene rings is 1. The van der Waals surface area contributed by atoms with Crippen LogP contribution >= 0.6 is 0 Å². The van der Waals surface area contributed by atoms with Crippen LogP contribution < -0.4 is 44.7 Å². The number of carboxylic acids is 1.